The third kappa shape index (κ3) is 4.98. The average molecular weight is 269 g/mol. The Morgan fingerprint density at radius 3 is 2.58 bits per heavy atom. The number of amides is 2. The molecule has 0 aliphatic carbocycles. The second kappa shape index (κ2) is 7.23. The van der Waals surface area contributed by atoms with Crippen LogP contribution in [0.1, 0.15) is 33.6 Å². The highest BCUT2D eigenvalue weighted by Gasteiger charge is 2.28. The van der Waals surface area contributed by atoms with Crippen molar-refractivity contribution in [3.05, 3.63) is 0 Å². The summed E-state index contributed by atoms with van der Waals surface area (Å²) in [6, 6.07) is -1.04. The molecule has 6 heteroatoms. The molecule has 108 valence electrons. The molecule has 1 aliphatic rings. The topological polar surface area (TPSA) is 87.3 Å². The van der Waals surface area contributed by atoms with Crippen LogP contribution in [-0.4, -0.2) is 42.8 Å². The first-order chi connectivity index (χ1) is 8.91. The van der Waals surface area contributed by atoms with E-state index in [4.69, 9.17) is 0 Å². The quantitative estimate of drug-likeness (QED) is 0.647. The Morgan fingerprint density at radius 1 is 1.32 bits per heavy atom. The third-order valence-electron chi connectivity index (χ3n) is 3.17. The van der Waals surface area contributed by atoms with Crippen molar-refractivity contribution >= 4 is 17.6 Å². The minimum absolute atomic E-state index is 0.0251. The van der Waals surface area contributed by atoms with Gasteiger partial charge in [0.1, 0.15) is 6.04 Å². The van der Waals surface area contributed by atoms with Crippen LogP contribution >= 0.6 is 0 Å². The van der Waals surface area contributed by atoms with Crippen molar-refractivity contribution in [2.75, 3.05) is 13.1 Å². The van der Waals surface area contributed by atoms with E-state index in [1.54, 1.807) is 0 Å². The Hall–Kier alpha value is -1.43. The van der Waals surface area contributed by atoms with E-state index < -0.39 is 12.1 Å². The molecule has 0 radical (unpaired) electrons. The largest absolute Gasteiger partial charge is 0.344 e. The van der Waals surface area contributed by atoms with Gasteiger partial charge >= 0.3 is 0 Å². The molecule has 6 nitrogen and oxygen atoms in total. The molecule has 1 saturated heterocycles. The van der Waals surface area contributed by atoms with Crippen LogP contribution in [0.3, 0.4) is 0 Å². The van der Waals surface area contributed by atoms with E-state index in [1.165, 1.54) is 6.92 Å². The van der Waals surface area contributed by atoms with Crippen LogP contribution < -0.4 is 16.0 Å². The van der Waals surface area contributed by atoms with E-state index in [0.717, 1.165) is 0 Å². The van der Waals surface area contributed by atoms with E-state index in [0.29, 0.717) is 25.9 Å². The van der Waals surface area contributed by atoms with E-state index in [9.17, 15) is 14.4 Å². The predicted molar refractivity (Wildman–Crippen MR) is 71.5 cm³/mol. The molecule has 0 saturated carbocycles. The molecule has 1 fully saturated rings. The minimum Gasteiger partial charge on any atom is -0.344 e. The molecule has 0 aromatic rings. The van der Waals surface area contributed by atoms with Crippen molar-refractivity contribution in [1.29, 1.82) is 0 Å². The number of carbonyl (C=O) groups excluding carboxylic acids is 3. The zero-order valence-electron chi connectivity index (χ0n) is 11.8. The maximum Gasteiger partial charge on any atom is 0.243 e. The lowest BCUT2D eigenvalue weighted by atomic mass is 10.0. The number of rotatable bonds is 4. The summed E-state index contributed by atoms with van der Waals surface area (Å²) in [5.41, 5.74) is 0. The zero-order chi connectivity index (χ0) is 14.4. The molecular formula is C13H23N3O3. The molecule has 1 unspecified atom stereocenters. The molecule has 1 rings (SSSR count). The lowest BCUT2D eigenvalue weighted by Crippen LogP contribution is -2.53. The lowest BCUT2D eigenvalue weighted by Gasteiger charge is -2.23. The van der Waals surface area contributed by atoms with Crippen molar-refractivity contribution < 1.29 is 14.4 Å². The standard InChI is InChI=1S/C13H23N3O3/c1-8(2)12(15-9(3)17)13(19)16-10-4-6-14-7-5-11(10)18/h8,10,12,14H,4-7H2,1-3H3,(H,15,17)(H,16,19)/t10-,12?/m0/s1. The first kappa shape index (κ1) is 15.6. The summed E-state index contributed by atoms with van der Waals surface area (Å²) >= 11 is 0. The second-order valence-electron chi connectivity index (χ2n) is 5.24. The van der Waals surface area contributed by atoms with Crippen LogP contribution in [0.5, 0.6) is 0 Å². The molecule has 3 N–H and O–H groups in total. The van der Waals surface area contributed by atoms with Gasteiger partial charge in [-0.2, -0.15) is 0 Å². The van der Waals surface area contributed by atoms with Gasteiger partial charge in [-0.15, -0.1) is 0 Å². The summed E-state index contributed by atoms with van der Waals surface area (Å²) in [4.78, 5) is 35.1. The zero-order valence-corrected chi connectivity index (χ0v) is 11.8. The summed E-state index contributed by atoms with van der Waals surface area (Å²) < 4.78 is 0. The highest BCUT2D eigenvalue weighted by molar-refractivity contribution is 5.92. The fourth-order valence-corrected chi connectivity index (χ4v) is 2.09. The van der Waals surface area contributed by atoms with Gasteiger partial charge in [0.05, 0.1) is 6.04 Å². The van der Waals surface area contributed by atoms with Crippen LogP contribution in [0.15, 0.2) is 0 Å². The number of carbonyl (C=O) groups is 3. The summed E-state index contributed by atoms with van der Waals surface area (Å²) in [7, 11) is 0. The van der Waals surface area contributed by atoms with Crippen LogP contribution in [0.4, 0.5) is 0 Å². The number of nitrogens with one attached hydrogen (secondary N) is 3. The Labute approximate surface area is 113 Å². The number of hydrogen-bond acceptors (Lipinski definition) is 4. The molecule has 0 spiro atoms. The van der Waals surface area contributed by atoms with E-state index in [-0.39, 0.29) is 23.5 Å². The highest BCUT2D eigenvalue weighted by atomic mass is 16.2. The van der Waals surface area contributed by atoms with Gasteiger partial charge in [0, 0.05) is 19.9 Å². The van der Waals surface area contributed by atoms with E-state index in [1.807, 2.05) is 13.8 Å². The summed E-state index contributed by atoms with van der Waals surface area (Å²) in [6.07, 6.45) is 1.02. The van der Waals surface area contributed by atoms with Gasteiger partial charge in [0.2, 0.25) is 11.8 Å². The molecule has 1 heterocycles. The fraction of sp³-hybridized carbons (Fsp3) is 0.769. The van der Waals surface area contributed by atoms with Gasteiger partial charge in [-0.05, 0) is 18.9 Å². The van der Waals surface area contributed by atoms with E-state index in [2.05, 4.69) is 16.0 Å². The maximum absolute atomic E-state index is 12.1. The normalized spacial score (nSPS) is 21.7. The van der Waals surface area contributed by atoms with Gasteiger partial charge in [-0.25, -0.2) is 0 Å². The number of hydrogen-bond donors (Lipinski definition) is 3. The Bertz CT molecular complexity index is 355. The smallest absolute Gasteiger partial charge is 0.243 e. The average Bonchev–Trinajstić information content (AvgIpc) is 2.51. The van der Waals surface area contributed by atoms with Crippen LogP contribution in [0.2, 0.25) is 0 Å². The van der Waals surface area contributed by atoms with Crippen LogP contribution in [0, 0.1) is 5.92 Å². The lowest BCUT2D eigenvalue weighted by molar-refractivity contribution is -0.131. The molecule has 2 amide bonds. The van der Waals surface area contributed by atoms with Crippen molar-refractivity contribution in [3.63, 3.8) is 0 Å². The summed E-state index contributed by atoms with van der Waals surface area (Å²) in [5, 5.41) is 8.50. The summed E-state index contributed by atoms with van der Waals surface area (Å²) in [5.74, 6) is -0.514. The summed E-state index contributed by atoms with van der Waals surface area (Å²) in [6.45, 7) is 6.46. The molecule has 0 aromatic carbocycles. The van der Waals surface area contributed by atoms with Crippen molar-refractivity contribution in [2.45, 2.75) is 45.7 Å². The Morgan fingerprint density at radius 2 is 2.00 bits per heavy atom. The second-order valence-corrected chi connectivity index (χ2v) is 5.24. The van der Waals surface area contributed by atoms with Crippen molar-refractivity contribution in [3.8, 4) is 0 Å². The van der Waals surface area contributed by atoms with Gasteiger partial charge in [-0.1, -0.05) is 13.8 Å². The highest BCUT2D eigenvalue weighted by Crippen LogP contribution is 2.06. The molecule has 0 bridgehead atoms. The monoisotopic (exact) mass is 269 g/mol. The molecule has 1 aliphatic heterocycles. The van der Waals surface area contributed by atoms with Crippen LogP contribution in [0.25, 0.3) is 0 Å². The Kier molecular flexibility index (Phi) is 5.95. The van der Waals surface area contributed by atoms with Gasteiger partial charge < -0.3 is 16.0 Å². The first-order valence-electron chi connectivity index (χ1n) is 6.72. The molecule has 2 atom stereocenters. The number of Topliss-reactive ketones (excluding diaryl/α,β-unsaturated/α-hetero) is 1. The SMILES string of the molecule is CC(=O)NC(C(=O)N[C@H]1CCNCCC1=O)C(C)C. The fourth-order valence-electron chi connectivity index (χ4n) is 2.09. The molecular weight excluding hydrogens is 246 g/mol. The minimum atomic E-state index is -0.596. The predicted octanol–water partition coefficient (Wildman–Crippen LogP) is -0.416. The molecule has 0 aromatic heterocycles. The van der Waals surface area contributed by atoms with E-state index >= 15 is 0 Å². The third-order valence-corrected chi connectivity index (χ3v) is 3.17. The molecule has 19 heavy (non-hydrogen) atoms. The van der Waals surface area contributed by atoms with Gasteiger partial charge in [-0.3, -0.25) is 14.4 Å². The number of ketones is 1. The van der Waals surface area contributed by atoms with Gasteiger partial charge in [0.15, 0.2) is 5.78 Å². The van der Waals surface area contributed by atoms with Crippen molar-refractivity contribution in [2.24, 2.45) is 5.92 Å². The van der Waals surface area contributed by atoms with Gasteiger partial charge in [0.25, 0.3) is 0 Å². The first-order valence-corrected chi connectivity index (χ1v) is 6.72. The van der Waals surface area contributed by atoms with Crippen LogP contribution in [-0.2, 0) is 14.4 Å². The maximum atomic E-state index is 12.1. The van der Waals surface area contributed by atoms with Crippen molar-refractivity contribution in [1.82, 2.24) is 16.0 Å². The Balaban J connectivity index is 2.64.